The van der Waals surface area contributed by atoms with Gasteiger partial charge in [-0.25, -0.2) is 4.99 Å². The molecular formula is C17H22N4O3. The van der Waals surface area contributed by atoms with E-state index in [1.54, 1.807) is 0 Å². The molecule has 2 heterocycles. The number of methoxy groups -OCH3 is 1. The molecule has 1 saturated heterocycles. The number of guanidine groups is 1. The molecule has 2 aliphatic rings. The molecule has 1 N–H and O–H groups in total. The molecule has 1 fully saturated rings. The minimum atomic E-state index is -0.964. The van der Waals surface area contributed by atoms with Crippen molar-refractivity contribution >= 4 is 17.8 Å². The van der Waals surface area contributed by atoms with E-state index >= 15 is 0 Å². The molecule has 7 nitrogen and oxygen atoms in total. The molecule has 1 amide bonds. The van der Waals surface area contributed by atoms with Crippen molar-refractivity contribution in [1.29, 1.82) is 0 Å². The average molecular weight is 330 g/mol. The van der Waals surface area contributed by atoms with Gasteiger partial charge < -0.3 is 14.5 Å². The van der Waals surface area contributed by atoms with E-state index in [1.807, 2.05) is 30.3 Å². The molecule has 7 heteroatoms. The van der Waals surface area contributed by atoms with E-state index in [0.717, 1.165) is 31.7 Å². The van der Waals surface area contributed by atoms with Crippen LogP contribution in [0.4, 0.5) is 0 Å². The second-order valence-corrected chi connectivity index (χ2v) is 6.09. The van der Waals surface area contributed by atoms with Gasteiger partial charge in [-0.05, 0) is 12.6 Å². The van der Waals surface area contributed by atoms with Crippen LogP contribution in [0.3, 0.4) is 0 Å². The number of likely N-dealkylation sites (N-methyl/N-ethyl adjacent to an activating group) is 1. The lowest BCUT2D eigenvalue weighted by Gasteiger charge is -2.37. The van der Waals surface area contributed by atoms with E-state index < -0.39 is 17.9 Å². The fourth-order valence-electron chi connectivity index (χ4n) is 3.03. The van der Waals surface area contributed by atoms with Gasteiger partial charge in [-0.3, -0.25) is 14.9 Å². The maximum Gasteiger partial charge on any atom is 0.320 e. The predicted octanol–water partition coefficient (Wildman–Crippen LogP) is 0.250. The lowest BCUT2D eigenvalue weighted by atomic mass is 9.91. The number of hydrogen-bond acceptors (Lipinski definition) is 6. The number of esters is 1. The fraction of sp³-hybridized carbons (Fsp3) is 0.471. The summed E-state index contributed by atoms with van der Waals surface area (Å²) in [6, 6.07) is 8.84. The quantitative estimate of drug-likeness (QED) is 0.621. The molecule has 3 rings (SSSR count). The largest absolute Gasteiger partial charge is 0.468 e. The first-order valence-electron chi connectivity index (χ1n) is 8.05. The van der Waals surface area contributed by atoms with Crippen LogP contribution in [0.5, 0.6) is 0 Å². The van der Waals surface area contributed by atoms with Crippen molar-refractivity contribution in [3.63, 3.8) is 0 Å². The van der Waals surface area contributed by atoms with Crippen LogP contribution in [0, 0.1) is 5.92 Å². The van der Waals surface area contributed by atoms with Crippen LogP contribution in [0.2, 0.25) is 0 Å². The van der Waals surface area contributed by atoms with Crippen molar-refractivity contribution in [2.24, 2.45) is 10.9 Å². The molecule has 0 radical (unpaired) electrons. The van der Waals surface area contributed by atoms with Crippen molar-refractivity contribution < 1.29 is 14.3 Å². The van der Waals surface area contributed by atoms with Crippen LogP contribution in [0.15, 0.2) is 35.3 Å². The SMILES string of the molecule is COC(=O)C1C(=O)NC(N2CCN(C)CC2)=NC1c1ccccc1. The number of aliphatic imine (C=N–C) groups is 1. The molecule has 2 atom stereocenters. The molecule has 128 valence electrons. The maximum absolute atomic E-state index is 12.6. The summed E-state index contributed by atoms with van der Waals surface area (Å²) >= 11 is 0. The lowest BCUT2D eigenvalue weighted by molar-refractivity contribution is -0.151. The molecule has 1 aromatic rings. The third-order valence-corrected chi connectivity index (χ3v) is 4.49. The van der Waals surface area contributed by atoms with Gasteiger partial charge in [0.2, 0.25) is 11.9 Å². The Morgan fingerprint density at radius 2 is 1.88 bits per heavy atom. The minimum absolute atomic E-state index is 0.361. The number of rotatable bonds is 2. The Kier molecular flexibility index (Phi) is 4.80. The Morgan fingerprint density at radius 1 is 1.21 bits per heavy atom. The monoisotopic (exact) mass is 330 g/mol. The van der Waals surface area contributed by atoms with E-state index in [-0.39, 0.29) is 5.91 Å². The topological polar surface area (TPSA) is 74.2 Å². The van der Waals surface area contributed by atoms with E-state index in [0.29, 0.717) is 5.96 Å². The highest BCUT2D eigenvalue weighted by Gasteiger charge is 2.41. The standard InChI is InChI=1S/C17H22N4O3/c1-20-8-10-21(11-9-20)17-18-14(12-6-4-3-5-7-12)13(15(22)19-17)16(23)24-2/h3-7,13-14H,8-11H2,1-2H3,(H,18,19,22). The van der Waals surface area contributed by atoms with Crippen LogP contribution in [0.25, 0.3) is 0 Å². The third kappa shape index (κ3) is 3.26. The van der Waals surface area contributed by atoms with Crippen LogP contribution < -0.4 is 5.32 Å². The Bertz CT molecular complexity index is 638. The molecule has 1 aromatic carbocycles. The molecular weight excluding hydrogens is 308 g/mol. The smallest absolute Gasteiger partial charge is 0.320 e. The second kappa shape index (κ2) is 7.00. The number of benzene rings is 1. The van der Waals surface area contributed by atoms with Gasteiger partial charge in [-0.2, -0.15) is 0 Å². The maximum atomic E-state index is 12.6. The fourth-order valence-corrected chi connectivity index (χ4v) is 3.03. The van der Waals surface area contributed by atoms with Crippen LogP contribution >= 0.6 is 0 Å². The highest BCUT2D eigenvalue weighted by atomic mass is 16.5. The molecule has 0 bridgehead atoms. The molecule has 0 aliphatic carbocycles. The Hall–Kier alpha value is -2.41. The number of hydrogen-bond donors (Lipinski definition) is 1. The van der Waals surface area contributed by atoms with Gasteiger partial charge in [0.1, 0.15) is 6.04 Å². The first-order valence-corrected chi connectivity index (χ1v) is 8.05. The summed E-state index contributed by atoms with van der Waals surface area (Å²) < 4.78 is 4.82. The lowest BCUT2D eigenvalue weighted by Crippen LogP contribution is -2.56. The number of nitrogens with zero attached hydrogens (tertiary/aromatic N) is 3. The van der Waals surface area contributed by atoms with E-state index in [9.17, 15) is 9.59 Å². The second-order valence-electron chi connectivity index (χ2n) is 6.09. The van der Waals surface area contributed by atoms with Crippen molar-refractivity contribution in [2.45, 2.75) is 6.04 Å². The van der Waals surface area contributed by atoms with Crippen molar-refractivity contribution in [1.82, 2.24) is 15.1 Å². The number of amides is 1. The number of ether oxygens (including phenoxy) is 1. The van der Waals surface area contributed by atoms with Gasteiger partial charge in [-0.15, -0.1) is 0 Å². The zero-order chi connectivity index (χ0) is 17.1. The molecule has 0 saturated carbocycles. The van der Waals surface area contributed by atoms with Gasteiger partial charge in [0, 0.05) is 26.2 Å². The first kappa shape index (κ1) is 16.4. The normalized spacial score (nSPS) is 25.0. The number of piperazine rings is 1. The summed E-state index contributed by atoms with van der Waals surface area (Å²) in [4.78, 5) is 33.7. The van der Waals surface area contributed by atoms with Gasteiger partial charge >= 0.3 is 5.97 Å². The van der Waals surface area contributed by atoms with E-state index in [4.69, 9.17) is 9.73 Å². The summed E-state index contributed by atoms with van der Waals surface area (Å²) in [5.74, 6) is -1.35. The molecule has 24 heavy (non-hydrogen) atoms. The highest BCUT2D eigenvalue weighted by Crippen LogP contribution is 2.30. The highest BCUT2D eigenvalue weighted by molar-refractivity contribution is 6.08. The molecule has 2 unspecified atom stereocenters. The summed E-state index contributed by atoms with van der Waals surface area (Å²) in [5.41, 5.74) is 0.828. The Balaban J connectivity index is 1.93. The van der Waals surface area contributed by atoms with Crippen molar-refractivity contribution in [3.05, 3.63) is 35.9 Å². The van der Waals surface area contributed by atoms with Crippen molar-refractivity contribution in [3.8, 4) is 0 Å². The zero-order valence-corrected chi connectivity index (χ0v) is 13.9. The summed E-state index contributed by atoms with van der Waals surface area (Å²) in [7, 11) is 3.36. The number of nitrogens with one attached hydrogen (secondary N) is 1. The average Bonchev–Trinajstić information content (AvgIpc) is 2.62. The van der Waals surface area contributed by atoms with Gasteiger partial charge in [0.05, 0.1) is 7.11 Å². The molecule has 2 aliphatic heterocycles. The Labute approximate surface area is 141 Å². The molecule has 0 aromatic heterocycles. The van der Waals surface area contributed by atoms with Crippen LogP contribution in [-0.2, 0) is 14.3 Å². The summed E-state index contributed by atoms with van der Waals surface area (Å²) in [6.07, 6.45) is 0. The zero-order valence-electron chi connectivity index (χ0n) is 13.9. The number of carbonyl (C=O) groups is 2. The van der Waals surface area contributed by atoms with Crippen LogP contribution in [-0.4, -0.2) is 68.0 Å². The van der Waals surface area contributed by atoms with Gasteiger partial charge in [0.25, 0.3) is 0 Å². The van der Waals surface area contributed by atoms with Gasteiger partial charge in [0.15, 0.2) is 5.92 Å². The Morgan fingerprint density at radius 3 is 2.50 bits per heavy atom. The predicted molar refractivity (Wildman–Crippen MR) is 89.3 cm³/mol. The summed E-state index contributed by atoms with van der Waals surface area (Å²) in [5, 5.41) is 2.78. The van der Waals surface area contributed by atoms with Gasteiger partial charge in [-0.1, -0.05) is 30.3 Å². The molecule has 0 spiro atoms. The van der Waals surface area contributed by atoms with Crippen LogP contribution in [0.1, 0.15) is 11.6 Å². The van der Waals surface area contributed by atoms with E-state index in [2.05, 4.69) is 22.2 Å². The first-order chi connectivity index (χ1) is 11.6. The minimum Gasteiger partial charge on any atom is -0.468 e. The van der Waals surface area contributed by atoms with Crippen molar-refractivity contribution in [2.75, 3.05) is 40.3 Å². The van der Waals surface area contributed by atoms with E-state index in [1.165, 1.54) is 7.11 Å². The number of carbonyl (C=O) groups excluding carboxylic acids is 2. The third-order valence-electron chi connectivity index (χ3n) is 4.49. The summed E-state index contributed by atoms with van der Waals surface area (Å²) in [6.45, 7) is 3.40.